The normalized spacial score (nSPS) is 24.8. The average Bonchev–Trinajstić information content (AvgIpc) is 3.15. The van der Waals surface area contributed by atoms with Gasteiger partial charge in [-0.15, -0.1) is 0 Å². The summed E-state index contributed by atoms with van der Waals surface area (Å²) in [6.07, 6.45) is 0.724. The Kier molecular flexibility index (Phi) is 4.94. The van der Waals surface area contributed by atoms with Crippen molar-refractivity contribution in [2.24, 2.45) is 11.8 Å². The van der Waals surface area contributed by atoms with Crippen molar-refractivity contribution in [3.63, 3.8) is 0 Å². The second-order valence-electron chi connectivity index (χ2n) is 6.84. The fraction of sp³-hybridized carbons (Fsp3) is 0.588. The number of nitrogens with zero attached hydrogens (tertiary/aromatic N) is 1. The zero-order valence-electron chi connectivity index (χ0n) is 14.2. The predicted molar refractivity (Wildman–Crippen MR) is 92.3 cm³/mol. The number of carbonyl (C=O) groups excluding carboxylic acids is 1. The van der Waals surface area contributed by atoms with Crippen LogP contribution < -0.4 is 10.0 Å². The Morgan fingerprint density at radius 1 is 1.25 bits per heavy atom. The van der Waals surface area contributed by atoms with Gasteiger partial charge in [0, 0.05) is 37.8 Å². The summed E-state index contributed by atoms with van der Waals surface area (Å²) < 4.78 is 27.1. The maximum absolute atomic E-state index is 12.6. The fourth-order valence-electron chi connectivity index (χ4n) is 3.40. The molecule has 6 nitrogen and oxygen atoms in total. The number of benzene rings is 1. The minimum absolute atomic E-state index is 0.0109. The SMILES string of the molecule is CCC(C)NS(=O)(=O)c1ccc(C(=O)N2C[C@H]3CNC[C@H]3C2)cc1. The van der Waals surface area contributed by atoms with Crippen LogP contribution in [0.2, 0.25) is 0 Å². The zero-order chi connectivity index (χ0) is 17.3. The molecule has 24 heavy (non-hydrogen) atoms. The van der Waals surface area contributed by atoms with E-state index in [9.17, 15) is 13.2 Å². The average molecular weight is 351 g/mol. The van der Waals surface area contributed by atoms with Gasteiger partial charge in [-0.1, -0.05) is 6.92 Å². The van der Waals surface area contributed by atoms with Gasteiger partial charge in [-0.2, -0.15) is 0 Å². The number of carbonyl (C=O) groups is 1. The summed E-state index contributed by atoms with van der Waals surface area (Å²) in [5.74, 6) is 1.09. The van der Waals surface area contributed by atoms with Crippen LogP contribution >= 0.6 is 0 Å². The Morgan fingerprint density at radius 2 is 1.83 bits per heavy atom. The summed E-state index contributed by atoms with van der Waals surface area (Å²) >= 11 is 0. The minimum Gasteiger partial charge on any atom is -0.338 e. The van der Waals surface area contributed by atoms with Crippen molar-refractivity contribution < 1.29 is 13.2 Å². The molecule has 0 aliphatic carbocycles. The first-order valence-electron chi connectivity index (χ1n) is 8.53. The van der Waals surface area contributed by atoms with Crippen molar-refractivity contribution in [2.45, 2.75) is 31.2 Å². The lowest BCUT2D eigenvalue weighted by molar-refractivity contribution is 0.0781. The highest BCUT2D eigenvalue weighted by Crippen LogP contribution is 2.27. The Bertz CT molecular complexity index is 690. The Labute approximate surface area is 143 Å². The number of sulfonamides is 1. The third-order valence-electron chi connectivity index (χ3n) is 5.06. The first-order valence-corrected chi connectivity index (χ1v) is 10.0. The highest BCUT2D eigenvalue weighted by Gasteiger charge is 2.38. The van der Waals surface area contributed by atoms with E-state index < -0.39 is 10.0 Å². The molecule has 3 rings (SSSR count). The number of hydrogen-bond acceptors (Lipinski definition) is 4. The third kappa shape index (κ3) is 3.48. The summed E-state index contributed by atoms with van der Waals surface area (Å²) in [6.45, 7) is 7.28. The van der Waals surface area contributed by atoms with Crippen LogP contribution in [0.1, 0.15) is 30.6 Å². The van der Waals surface area contributed by atoms with Crippen LogP contribution in [0, 0.1) is 11.8 Å². The molecule has 1 amide bonds. The molecule has 132 valence electrons. The lowest BCUT2D eigenvalue weighted by atomic mass is 10.0. The van der Waals surface area contributed by atoms with Crippen LogP contribution in [0.25, 0.3) is 0 Å². The molecule has 2 saturated heterocycles. The van der Waals surface area contributed by atoms with Crippen LogP contribution in [0.5, 0.6) is 0 Å². The monoisotopic (exact) mass is 351 g/mol. The van der Waals surface area contributed by atoms with Crippen molar-refractivity contribution in [3.8, 4) is 0 Å². The van der Waals surface area contributed by atoms with Crippen LogP contribution in [-0.4, -0.2) is 51.4 Å². The van der Waals surface area contributed by atoms with Crippen molar-refractivity contribution in [1.29, 1.82) is 0 Å². The van der Waals surface area contributed by atoms with Gasteiger partial charge in [0.2, 0.25) is 10.0 Å². The summed E-state index contributed by atoms with van der Waals surface area (Å²) in [5, 5.41) is 3.36. The fourth-order valence-corrected chi connectivity index (χ4v) is 4.72. The molecule has 0 saturated carbocycles. The van der Waals surface area contributed by atoms with Gasteiger partial charge in [-0.05, 0) is 49.4 Å². The molecular weight excluding hydrogens is 326 g/mol. The third-order valence-corrected chi connectivity index (χ3v) is 6.66. The number of hydrogen-bond donors (Lipinski definition) is 2. The van der Waals surface area contributed by atoms with Gasteiger partial charge < -0.3 is 10.2 Å². The van der Waals surface area contributed by atoms with E-state index in [2.05, 4.69) is 10.0 Å². The standard InChI is InChI=1S/C17H25N3O3S/c1-3-12(2)19-24(22,23)16-6-4-13(5-7-16)17(21)20-10-14-8-18-9-15(14)11-20/h4-7,12,14-15,18-19H,3,8-11H2,1-2H3/t12?,14-,15+. The second kappa shape index (κ2) is 6.82. The molecule has 1 aromatic carbocycles. The van der Waals surface area contributed by atoms with E-state index in [4.69, 9.17) is 0 Å². The molecule has 1 aromatic rings. The predicted octanol–water partition coefficient (Wildman–Crippen LogP) is 1.05. The number of rotatable bonds is 5. The van der Waals surface area contributed by atoms with Gasteiger partial charge in [-0.3, -0.25) is 4.79 Å². The van der Waals surface area contributed by atoms with E-state index in [1.165, 1.54) is 12.1 Å². The topological polar surface area (TPSA) is 78.5 Å². The van der Waals surface area contributed by atoms with E-state index in [0.29, 0.717) is 17.4 Å². The molecule has 2 heterocycles. The van der Waals surface area contributed by atoms with Crippen molar-refractivity contribution in [3.05, 3.63) is 29.8 Å². The lowest BCUT2D eigenvalue weighted by Gasteiger charge is -2.18. The molecule has 1 unspecified atom stereocenters. The molecule has 0 radical (unpaired) electrons. The Hall–Kier alpha value is -1.44. The second-order valence-corrected chi connectivity index (χ2v) is 8.56. The number of fused-ring (bicyclic) bond motifs is 1. The van der Waals surface area contributed by atoms with Crippen LogP contribution in [-0.2, 0) is 10.0 Å². The summed E-state index contributed by atoms with van der Waals surface area (Å²) in [5.41, 5.74) is 0.547. The molecular formula is C17H25N3O3S. The first-order chi connectivity index (χ1) is 11.4. The van der Waals surface area contributed by atoms with Gasteiger partial charge in [0.15, 0.2) is 0 Å². The van der Waals surface area contributed by atoms with Crippen molar-refractivity contribution >= 4 is 15.9 Å². The van der Waals surface area contributed by atoms with Crippen LogP contribution in [0.4, 0.5) is 0 Å². The Balaban J connectivity index is 1.69. The lowest BCUT2D eigenvalue weighted by Crippen LogP contribution is -2.32. The quantitative estimate of drug-likeness (QED) is 0.831. The molecule has 2 aliphatic rings. The molecule has 3 atom stereocenters. The molecule has 7 heteroatoms. The van der Waals surface area contributed by atoms with E-state index in [1.807, 2.05) is 18.7 Å². The first kappa shape index (κ1) is 17.4. The van der Waals surface area contributed by atoms with Crippen LogP contribution in [0.15, 0.2) is 29.2 Å². The van der Waals surface area contributed by atoms with Gasteiger partial charge in [-0.25, -0.2) is 13.1 Å². The van der Waals surface area contributed by atoms with Crippen LogP contribution in [0.3, 0.4) is 0 Å². The van der Waals surface area contributed by atoms with Gasteiger partial charge in [0.1, 0.15) is 0 Å². The summed E-state index contributed by atoms with van der Waals surface area (Å²) in [4.78, 5) is 14.7. The highest BCUT2D eigenvalue weighted by atomic mass is 32.2. The molecule has 0 bridgehead atoms. The molecule has 0 aromatic heterocycles. The van der Waals surface area contributed by atoms with E-state index >= 15 is 0 Å². The van der Waals surface area contributed by atoms with Crippen molar-refractivity contribution in [2.75, 3.05) is 26.2 Å². The minimum atomic E-state index is -3.53. The Morgan fingerprint density at radius 3 is 2.38 bits per heavy atom. The highest BCUT2D eigenvalue weighted by molar-refractivity contribution is 7.89. The molecule has 2 N–H and O–H groups in total. The summed E-state index contributed by atoms with van der Waals surface area (Å²) in [6, 6.07) is 6.13. The van der Waals surface area contributed by atoms with E-state index in [1.54, 1.807) is 12.1 Å². The maximum Gasteiger partial charge on any atom is 0.253 e. The van der Waals surface area contributed by atoms with Crippen molar-refractivity contribution in [1.82, 2.24) is 14.9 Å². The molecule has 2 fully saturated rings. The zero-order valence-corrected chi connectivity index (χ0v) is 15.0. The maximum atomic E-state index is 12.6. The molecule has 2 aliphatic heterocycles. The number of amides is 1. The smallest absolute Gasteiger partial charge is 0.253 e. The van der Waals surface area contributed by atoms with Gasteiger partial charge in [0.05, 0.1) is 4.90 Å². The van der Waals surface area contributed by atoms with Gasteiger partial charge >= 0.3 is 0 Å². The molecule has 0 spiro atoms. The number of likely N-dealkylation sites (tertiary alicyclic amines) is 1. The number of nitrogens with one attached hydrogen (secondary N) is 2. The van der Waals surface area contributed by atoms with E-state index in [-0.39, 0.29) is 16.8 Å². The van der Waals surface area contributed by atoms with Gasteiger partial charge in [0.25, 0.3) is 5.91 Å². The largest absolute Gasteiger partial charge is 0.338 e. The van der Waals surface area contributed by atoms with E-state index in [0.717, 1.165) is 32.6 Å². The summed E-state index contributed by atoms with van der Waals surface area (Å²) in [7, 11) is -3.53.